The van der Waals surface area contributed by atoms with E-state index < -0.39 is 10.0 Å². The lowest BCUT2D eigenvalue weighted by Gasteiger charge is -2.17. The molecule has 1 aromatic heterocycles. The molecule has 0 atom stereocenters. The van der Waals surface area contributed by atoms with Crippen LogP contribution in [0.25, 0.3) is 0 Å². The summed E-state index contributed by atoms with van der Waals surface area (Å²) in [5.74, 6) is 0.0488. The van der Waals surface area contributed by atoms with E-state index in [0.717, 1.165) is 17.5 Å². The fraction of sp³-hybridized carbons (Fsp3) is 0.375. The number of rotatable bonds is 3. The molecule has 0 saturated carbocycles. The molecule has 0 aliphatic carbocycles. The van der Waals surface area contributed by atoms with Gasteiger partial charge >= 0.3 is 0 Å². The zero-order valence-corrected chi connectivity index (χ0v) is 14.5. The van der Waals surface area contributed by atoms with Gasteiger partial charge in [0.15, 0.2) is 0 Å². The van der Waals surface area contributed by atoms with Crippen LogP contribution in [-0.4, -0.2) is 42.5 Å². The molecule has 0 saturated heterocycles. The Balaban J connectivity index is 1.86. The van der Waals surface area contributed by atoms with Crippen LogP contribution in [0.5, 0.6) is 0 Å². The maximum atomic E-state index is 12.6. The van der Waals surface area contributed by atoms with Crippen molar-refractivity contribution in [3.8, 4) is 0 Å². The molecule has 2 N–H and O–H groups in total. The number of benzene rings is 1. The van der Waals surface area contributed by atoms with E-state index in [4.69, 9.17) is 0 Å². The normalized spacial score (nSPS) is 14.8. The van der Waals surface area contributed by atoms with Gasteiger partial charge in [-0.3, -0.25) is 14.6 Å². The molecule has 1 amide bonds. The van der Waals surface area contributed by atoms with Crippen LogP contribution >= 0.6 is 0 Å². The molecule has 1 aliphatic heterocycles. The number of anilines is 1. The highest BCUT2D eigenvalue weighted by atomic mass is 32.2. The average molecular weight is 348 g/mol. The van der Waals surface area contributed by atoms with Crippen LogP contribution in [0.15, 0.2) is 29.3 Å². The first-order chi connectivity index (χ1) is 11.4. The van der Waals surface area contributed by atoms with Crippen LogP contribution in [0.2, 0.25) is 0 Å². The first-order valence-electron chi connectivity index (χ1n) is 7.77. The summed E-state index contributed by atoms with van der Waals surface area (Å²) in [4.78, 5) is 13.6. The average Bonchev–Trinajstić information content (AvgIpc) is 2.81. The number of sulfonamides is 1. The lowest BCUT2D eigenvalue weighted by atomic mass is 10.0. The Morgan fingerprint density at radius 2 is 1.96 bits per heavy atom. The highest BCUT2D eigenvalue weighted by Crippen LogP contribution is 2.23. The van der Waals surface area contributed by atoms with Crippen LogP contribution in [0.4, 0.5) is 5.69 Å². The van der Waals surface area contributed by atoms with E-state index in [0.29, 0.717) is 30.9 Å². The van der Waals surface area contributed by atoms with Crippen molar-refractivity contribution in [1.29, 1.82) is 0 Å². The minimum atomic E-state index is -3.67. The largest absolute Gasteiger partial charge is 0.342 e. The number of fused-ring (bicyclic) bond motifs is 1. The molecule has 2 heterocycles. The van der Waals surface area contributed by atoms with Crippen molar-refractivity contribution < 1.29 is 13.2 Å². The second kappa shape index (κ2) is 6.27. The van der Waals surface area contributed by atoms with Gasteiger partial charge in [-0.2, -0.15) is 5.10 Å². The van der Waals surface area contributed by atoms with Gasteiger partial charge in [0.2, 0.25) is 5.91 Å². The number of nitrogens with zero attached hydrogens (tertiary/aromatic N) is 2. The summed E-state index contributed by atoms with van der Waals surface area (Å²) in [6.07, 6.45) is 2.84. The van der Waals surface area contributed by atoms with Crippen molar-refractivity contribution in [1.82, 2.24) is 15.1 Å². The van der Waals surface area contributed by atoms with Crippen molar-refractivity contribution in [2.45, 2.75) is 31.6 Å². The zero-order valence-electron chi connectivity index (χ0n) is 13.7. The van der Waals surface area contributed by atoms with Gasteiger partial charge in [0, 0.05) is 20.0 Å². The number of hydrogen-bond donors (Lipinski definition) is 2. The smallest absolute Gasteiger partial charge is 0.262 e. The summed E-state index contributed by atoms with van der Waals surface area (Å²) >= 11 is 0. The fourth-order valence-corrected chi connectivity index (χ4v) is 4.00. The van der Waals surface area contributed by atoms with Crippen LogP contribution in [0.1, 0.15) is 23.7 Å². The van der Waals surface area contributed by atoms with Gasteiger partial charge in [-0.15, -0.1) is 0 Å². The van der Waals surface area contributed by atoms with Crippen molar-refractivity contribution in [2.75, 3.05) is 17.8 Å². The van der Waals surface area contributed by atoms with Gasteiger partial charge in [0.25, 0.3) is 10.0 Å². The van der Waals surface area contributed by atoms with E-state index in [2.05, 4.69) is 14.9 Å². The van der Waals surface area contributed by atoms with Crippen LogP contribution < -0.4 is 4.72 Å². The highest BCUT2D eigenvalue weighted by Gasteiger charge is 2.20. The molecule has 1 aromatic carbocycles. The molecule has 128 valence electrons. The Bertz CT molecular complexity index is 873. The Kier molecular flexibility index (Phi) is 4.31. The van der Waals surface area contributed by atoms with E-state index in [9.17, 15) is 13.2 Å². The monoisotopic (exact) mass is 348 g/mol. The summed E-state index contributed by atoms with van der Waals surface area (Å²) in [6.45, 7) is 4.59. The fourth-order valence-electron chi connectivity index (χ4n) is 2.84. The number of H-pyrrole nitrogens is 1. The van der Waals surface area contributed by atoms with E-state index in [-0.39, 0.29) is 10.8 Å². The number of carbonyl (C=O) groups is 1. The maximum absolute atomic E-state index is 12.6. The van der Waals surface area contributed by atoms with E-state index in [1.165, 1.54) is 6.20 Å². The van der Waals surface area contributed by atoms with E-state index in [1.807, 2.05) is 6.07 Å². The molecular weight excluding hydrogens is 328 g/mol. The zero-order chi connectivity index (χ0) is 17.3. The summed E-state index contributed by atoms with van der Waals surface area (Å²) in [5, 5.41) is 6.52. The Hall–Kier alpha value is -2.35. The second-order valence-corrected chi connectivity index (χ2v) is 7.63. The predicted molar refractivity (Wildman–Crippen MR) is 90.2 cm³/mol. The summed E-state index contributed by atoms with van der Waals surface area (Å²) < 4.78 is 27.7. The van der Waals surface area contributed by atoms with Gasteiger partial charge in [0.05, 0.1) is 22.5 Å². The third-order valence-corrected chi connectivity index (χ3v) is 5.67. The molecule has 0 radical (unpaired) electrons. The van der Waals surface area contributed by atoms with Crippen molar-refractivity contribution in [3.05, 3.63) is 41.2 Å². The van der Waals surface area contributed by atoms with Crippen LogP contribution in [0, 0.1) is 6.92 Å². The van der Waals surface area contributed by atoms with Gasteiger partial charge in [-0.1, -0.05) is 6.07 Å². The molecular formula is C16H20N4O3S. The molecule has 7 nitrogen and oxygen atoms in total. The molecule has 24 heavy (non-hydrogen) atoms. The molecule has 0 spiro atoms. The highest BCUT2D eigenvalue weighted by molar-refractivity contribution is 7.92. The SMILES string of the molecule is CC(=O)N1CCc2ccc(S(=O)(=O)Nc3cn[nH]c3C)cc2CC1. The molecule has 1 aliphatic rings. The molecule has 3 rings (SSSR count). The Labute approximate surface area is 141 Å². The van der Waals surface area contributed by atoms with Gasteiger partial charge < -0.3 is 4.90 Å². The third-order valence-electron chi connectivity index (χ3n) is 4.31. The maximum Gasteiger partial charge on any atom is 0.262 e. The first-order valence-corrected chi connectivity index (χ1v) is 9.25. The van der Waals surface area contributed by atoms with E-state index in [1.54, 1.807) is 30.9 Å². The number of aromatic amines is 1. The summed E-state index contributed by atoms with van der Waals surface area (Å²) in [6, 6.07) is 5.16. The lowest BCUT2D eigenvalue weighted by molar-refractivity contribution is -0.128. The molecule has 8 heteroatoms. The lowest BCUT2D eigenvalue weighted by Crippen LogP contribution is -2.30. The van der Waals surface area contributed by atoms with E-state index >= 15 is 0 Å². The number of hydrogen-bond acceptors (Lipinski definition) is 4. The summed E-state index contributed by atoms with van der Waals surface area (Å²) in [7, 11) is -3.67. The van der Waals surface area contributed by atoms with Gasteiger partial charge in [-0.25, -0.2) is 8.42 Å². The van der Waals surface area contributed by atoms with Crippen LogP contribution in [-0.2, 0) is 27.7 Å². The quantitative estimate of drug-likeness (QED) is 0.878. The van der Waals surface area contributed by atoms with Crippen molar-refractivity contribution in [3.63, 3.8) is 0 Å². The first kappa shape index (κ1) is 16.5. The standard InChI is InChI=1S/C16H20N4O3S/c1-11-16(10-17-18-11)19-24(22,23)15-4-3-13-5-7-20(12(2)21)8-6-14(13)9-15/h3-4,9-10,19H,5-8H2,1-2H3,(H,17,18). The molecule has 2 aromatic rings. The van der Waals surface area contributed by atoms with Crippen LogP contribution in [0.3, 0.4) is 0 Å². The topological polar surface area (TPSA) is 95.2 Å². The molecule has 0 bridgehead atoms. The molecule has 0 fully saturated rings. The summed E-state index contributed by atoms with van der Waals surface area (Å²) in [5.41, 5.74) is 3.17. The Morgan fingerprint density at radius 3 is 2.58 bits per heavy atom. The minimum absolute atomic E-state index is 0.0488. The van der Waals surface area contributed by atoms with Gasteiger partial charge in [0.1, 0.15) is 0 Å². The number of amides is 1. The Morgan fingerprint density at radius 1 is 1.25 bits per heavy atom. The van der Waals surface area contributed by atoms with Crippen molar-refractivity contribution in [2.24, 2.45) is 0 Å². The number of carbonyl (C=O) groups excluding carboxylic acids is 1. The minimum Gasteiger partial charge on any atom is -0.342 e. The number of aromatic nitrogens is 2. The molecule has 0 unspecified atom stereocenters. The predicted octanol–water partition coefficient (Wildman–Crippen LogP) is 1.47. The second-order valence-electron chi connectivity index (χ2n) is 5.95. The third kappa shape index (κ3) is 3.28. The number of nitrogens with one attached hydrogen (secondary N) is 2. The number of aryl methyl sites for hydroxylation is 1. The van der Waals surface area contributed by atoms with Crippen molar-refractivity contribution >= 4 is 21.6 Å². The van der Waals surface area contributed by atoms with Gasteiger partial charge in [-0.05, 0) is 43.0 Å².